The Labute approximate surface area is 777 Å². The fourth-order valence-corrected chi connectivity index (χ4v) is 14.4. The van der Waals surface area contributed by atoms with E-state index in [1.54, 1.807) is 75.7 Å². The summed E-state index contributed by atoms with van der Waals surface area (Å²) in [5, 5.41) is 15.9. The van der Waals surface area contributed by atoms with Crippen molar-refractivity contribution in [1.82, 2.24) is 40.4 Å². The number of ether oxygens (including phenoxy) is 8. The van der Waals surface area contributed by atoms with Crippen molar-refractivity contribution in [3.63, 3.8) is 0 Å². The maximum absolute atomic E-state index is 12.0. The van der Waals surface area contributed by atoms with Crippen molar-refractivity contribution in [2.45, 2.75) is 60.2 Å². The quantitative estimate of drug-likeness (QED) is 0.0488. The summed E-state index contributed by atoms with van der Waals surface area (Å²) in [6.07, 6.45) is -0.425. The number of anilines is 6. The third-order valence-corrected chi connectivity index (χ3v) is 21.4. The molecular formula is C97H120BrN14NaO14. The summed E-state index contributed by atoms with van der Waals surface area (Å²) >= 11 is 3.32. The number of carbonyl (C=O) groups excluding carboxylic acids is 3. The number of hydrogen-bond donors (Lipinski definition) is 3. The molecule has 5 aliphatic rings. The number of nitrogens with zero attached hydrogens (tertiary/aromatic N) is 12. The SMILES string of the molecule is C.CC(C)(C)OC(=O)N1CCNCC1.COC(=O)c1ccc2nc(-c3ccccc3)c(N3CCN(c4ccc(OC)cc4)CC3)nc2c1.COc1ccc(Br)cc1.COc1ccc(N2CCN(C(=O)OC(C)(C)C)CC2)cc1.COc1ccc(N2CCN(c3nc4cc(C(=O)O)ccc4nc3-c3ccccc3)CC2)cc1.COc1ccc(N2CCNCC2)cc1.[Na+].[OH-]. The van der Waals surface area contributed by atoms with E-state index < -0.39 is 11.6 Å². The summed E-state index contributed by atoms with van der Waals surface area (Å²) in [6.45, 7) is 28.4. The van der Waals surface area contributed by atoms with Crippen LogP contribution in [0.3, 0.4) is 0 Å². The summed E-state index contributed by atoms with van der Waals surface area (Å²) in [6, 6.07) is 70.5. The normalized spacial score (nSPS) is 14.3. The average molecular weight is 1810 g/mol. The molecule has 2 amide bonds. The van der Waals surface area contributed by atoms with Crippen LogP contribution in [0.4, 0.5) is 44.0 Å². The third-order valence-electron chi connectivity index (χ3n) is 20.8. The van der Waals surface area contributed by atoms with Crippen molar-refractivity contribution in [1.29, 1.82) is 0 Å². The largest absolute Gasteiger partial charge is 1.00 e. The van der Waals surface area contributed by atoms with Crippen molar-refractivity contribution < 1.29 is 97.2 Å². The number of halogens is 1. The molecule has 28 nitrogen and oxygen atoms in total. The number of carboxylic acid groups (broad SMARTS) is 1. The number of aromatic carboxylic acids is 1. The van der Waals surface area contributed by atoms with Gasteiger partial charge in [0.1, 0.15) is 51.3 Å². The number of rotatable bonds is 15. The minimum Gasteiger partial charge on any atom is -0.870 e. The zero-order valence-electron chi connectivity index (χ0n) is 74.5. The number of aromatic nitrogens is 4. The minimum absolute atomic E-state index is 0. The first-order valence-corrected chi connectivity index (χ1v) is 42.5. The standard InChI is InChI=1S/C27H26N4O3.C26H24N4O3.C16H24N2O3.C11H16N2O.C9H18N2O2.C7H7BrO.CH4.Na.H2O/c1-33-22-11-9-21(10-12-22)30-14-16-31(17-15-30)26-25(19-6-4-3-5-7-19)28-23-13-8-20(27(32)34-2)18-24(23)29-26;1-33-21-10-8-20(9-11-21)29-13-15-30(16-14-29)25-24(18-5-3-2-4-6-18)27-22-12-7-19(26(31)32)17-23(22)28-25;1-16(2,3)21-15(19)18-11-9-17(10-12-18)13-5-7-14(20-4)8-6-13;1-14-11-4-2-10(3-5-11)13-8-6-12-7-9-13;1-9(2,3)13-8(12)11-6-4-10-5-7-11;1-9-7-4-2-6(8)3-5-7;;;/h3-13,18H,14-17H2,1-2H3;2-12,17H,13-16H2,1H3,(H,31,32);5-8H,9-12H2,1-4H3;2-5,12H,6-9H2,1H3;10H,4-7H2,1-3H3;2-5H,1H3;1H4;;1H2/q;;;;;;;+1;/p-1. The van der Waals surface area contributed by atoms with E-state index in [9.17, 15) is 24.3 Å². The first kappa shape index (κ1) is 101. The van der Waals surface area contributed by atoms with Gasteiger partial charge in [-0.2, -0.15) is 0 Å². The topological polar surface area (TPSA) is 294 Å². The third kappa shape index (κ3) is 29.7. The molecule has 0 unspecified atom stereocenters. The molecule has 0 aliphatic carbocycles. The molecule has 0 saturated carbocycles. The number of carbonyl (C=O) groups is 4. The van der Waals surface area contributed by atoms with Gasteiger partial charge in [-0.1, -0.05) is 84.0 Å². The molecule has 0 atom stereocenters. The van der Waals surface area contributed by atoms with E-state index in [0.29, 0.717) is 35.2 Å². The molecule has 127 heavy (non-hydrogen) atoms. The van der Waals surface area contributed by atoms with Crippen molar-refractivity contribution in [3.05, 3.63) is 234 Å². The summed E-state index contributed by atoms with van der Waals surface area (Å²) in [5.74, 6) is 4.62. The maximum atomic E-state index is 12.0. The van der Waals surface area contributed by atoms with Crippen LogP contribution in [0, 0.1) is 0 Å². The van der Waals surface area contributed by atoms with Gasteiger partial charge in [0.2, 0.25) is 0 Å². The van der Waals surface area contributed by atoms with Crippen LogP contribution in [-0.2, 0) is 14.2 Å². The first-order valence-electron chi connectivity index (χ1n) is 41.7. The van der Waals surface area contributed by atoms with Gasteiger partial charge in [-0.3, -0.25) is 0 Å². The molecule has 7 heterocycles. The molecule has 5 aliphatic heterocycles. The molecule has 4 N–H and O–H groups in total. The number of fused-ring (bicyclic) bond motifs is 2. The second-order valence-corrected chi connectivity index (χ2v) is 32.5. The predicted octanol–water partition coefficient (Wildman–Crippen LogP) is 13.4. The Morgan fingerprint density at radius 1 is 0.354 bits per heavy atom. The predicted molar refractivity (Wildman–Crippen MR) is 504 cm³/mol. The molecule has 11 aromatic rings. The van der Waals surface area contributed by atoms with Crippen LogP contribution in [0.15, 0.2) is 223 Å². The Morgan fingerprint density at radius 2 is 0.646 bits per heavy atom. The molecule has 2 aromatic heterocycles. The zero-order valence-corrected chi connectivity index (χ0v) is 78.1. The monoisotopic (exact) mass is 1810 g/mol. The second-order valence-electron chi connectivity index (χ2n) is 31.5. The Hall–Kier alpha value is -11.7. The number of carboxylic acids is 1. The number of piperazine rings is 5. The first-order chi connectivity index (χ1) is 59.9. The fourth-order valence-electron chi connectivity index (χ4n) is 14.2. The van der Waals surface area contributed by atoms with Crippen LogP contribution in [0.25, 0.3) is 44.6 Å². The summed E-state index contributed by atoms with van der Waals surface area (Å²) in [7, 11) is 9.74. The number of esters is 1. The van der Waals surface area contributed by atoms with Gasteiger partial charge in [0.15, 0.2) is 11.6 Å². The second kappa shape index (κ2) is 49.4. The van der Waals surface area contributed by atoms with Gasteiger partial charge in [-0.15, -0.1) is 0 Å². The zero-order chi connectivity index (χ0) is 88.1. The van der Waals surface area contributed by atoms with Gasteiger partial charge in [-0.05, 0) is 199 Å². The van der Waals surface area contributed by atoms with Gasteiger partial charge in [-0.25, -0.2) is 39.1 Å². The van der Waals surface area contributed by atoms with E-state index in [0.717, 1.165) is 202 Å². The molecule has 670 valence electrons. The van der Waals surface area contributed by atoms with E-state index in [4.69, 9.17) is 57.8 Å². The van der Waals surface area contributed by atoms with Gasteiger partial charge < -0.3 is 98.3 Å². The fraction of sp³-hybridized carbons (Fsp3) is 0.361. The Balaban J connectivity index is 0.000000198. The van der Waals surface area contributed by atoms with Crippen LogP contribution < -0.4 is 93.3 Å². The van der Waals surface area contributed by atoms with Crippen LogP contribution in [0.2, 0.25) is 0 Å². The molecule has 9 aromatic carbocycles. The molecule has 0 radical (unpaired) electrons. The van der Waals surface area contributed by atoms with Gasteiger partial charge in [0, 0.05) is 169 Å². The van der Waals surface area contributed by atoms with Crippen molar-refractivity contribution >= 4 is 96.5 Å². The minimum atomic E-state index is -0.972. The van der Waals surface area contributed by atoms with Gasteiger partial charge >= 0.3 is 53.7 Å². The average Bonchev–Trinajstić information content (AvgIpc) is 0.775. The van der Waals surface area contributed by atoms with Gasteiger partial charge in [0.25, 0.3) is 0 Å². The van der Waals surface area contributed by atoms with Crippen molar-refractivity contribution in [2.24, 2.45) is 0 Å². The van der Waals surface area contributed by atoms with E-state index in [1.165, 1.54) is 18.5 Å². The van der Waals surface area contributed by atoms with E-state index in [-0.39, 0.29) is 71.8 Å². The molecule has 30 heteroatoms. The summed E-state index contributed by atoms with van der Waals surface area (Å²) < 4.78 is 42.4. The van der Waals surface area contributed by atoms with Crippen LogP contribution >= 0.6 is 15.9 Å². The van der Waals surface area contributed by atoms with Crippen LogP contribution in [0.1, 0.15) is 69.7 Å². The number of hydrogen-bond acceptors (Lipinski definition) is 25. The molecule has 0 bridgehead atoms. The Morgan fingerprint density at radius 3 is 0.969 bits per heavy atom. The van der Waals surface area contributed by atoms with Crippen molar-refractivity contribution in [3.8, 4) is 51.3 Å². The van der Waals surface area contributed by atoms with E-state index in [1.807, 2.05) is 181 Å². The Kier molecular flexibility index (Phi) is 39.2. The molecule has 5 saturated heterocycles. The molecule has 5 fully saturated rings. The van der Waals surface area contributed by atoms with Crippen molar-refractivity contribution in [2.75, 3.05) is 203 Å². The molecule has 0 spiro atoms. The molecule has 16 rings (SSSR count). The number of methoxy groups -OCH3 is 6. The summed E-state index contributed by atoms with van der Waals surface area (Å²) in [5.41, 5.74) is 11.0. The molecular weight excluding hydrogens is 1690 g/mol. The number of amides is 2. The van der Waals surface area contributed by atoms with Gasteiger partial charge in [0.05, 0.1) is 75.9 Å². The summed E-state index contributed by atoms with van der Waals surface area (Å²) in [4.78, 5) is 84.1. The number of nitrogens with one attached hydrogen (secondary N) is 2. The smallest absolute Gasteiger partial charge is 0.870 e. The van der Waals surface area contributed by atoms with Crippen LogP contribution in [-0.4, -0.2) is 249 Å². The maximum Gasteiger partial charge on any atom is 1.00 e. The van der Waals surface area contributed by atoms with E-state index >= 15 is 0 Å². The number of benzene rings is 9. The van der Waals surface area contributed by atoms with E-state index in [2.05, 4.69) is 104 Å². The van der Waals surface area contributed by atoms with Crippen LogP contribution in [0.5, 0.6) is 28.7 Å². The Bertz CT molecular complexity index is 5210.